The highest BCUT2D eigenvalue weighted by atomic mass is 35.5. The van der Waals surface area contributed by atoms with E-state index in [-0.39, 0.29) is 28.1 Å². The molecular weight excluding hydrogens is 371 g/mol. The first-order chi connectivity index (χ1) is 11.9. The largest absolute Gasteiger partial charge is 0.477 e. The second kappa shape index (κ2) is 8.35. The Morgan fingerprint density at radius 3 is 2.60 bits per heavy atom. The summed E-state index contributed by atoms with van der Waals surface area (Å²) in [5.74, 6) is -0.317. The van der Waals surface area contributed by atoms with Crippen molar-refractivity contribution in [3.63, 3.8) is 0 Å². The van der Waals surface area contributed by atoms with E-state index in [2.05, 4.69) is 10.4 Å². The zero-order valence-electron chi connectivity index (χ0n) is 14.0. The number of tetrazole rings is 1. The maximum atomic E-state index is 12.3. The second-order valence-corrected chi connectivity index (χ2v) is 5.96. The maximum Gasteiger partial charge on any atom is 0.368 e. The highest BCUT2D eigenvalue weighted by molar-refractivity contribution is 6.35. The van der Waals surface area contributed by atoms with Gasteiger partial charge < -0.3 is 9.47 Å². The fourth-order valence-electron chi connectivity index (χ4n) is 2.05. The van der Waals surface area contributed by atoms with E-state index in [0.717, 1.165) is 11.1 Å². The van der Waals surface area contributed by atoms with Crippen LogP contribution >= 0.6 is 23.2 Å². The van der Waals surface area contributed by atoms with Gasteiger partial charge in [-0.3, -0.25) is 0 Å². The van der Waals surface area contributed by atoms with Gasteiger partial charge in [0, 0.05) is 12.6 Å². The van der Waals surface area contributed by atoms with E-state index >= 15 is 0 Å². The number of esters is 1. The summed E-state index contributed by atoms with van der Waals surface area (Å²) in [5.41, 5.74) is -0.150. The van der Waals surface area contributed by atoms with Gasteiger partial charge in [-0.25, -0.2) is 9.59 Å². The number of carbonyl (C=O) groups is 1. The molecule has 0 aliphatic carbocycles. The molecule has 0 bridgehead atoms. The van der Waals surface area contributed by atoms with Crippen LogP contribution in [0.4, 0.5) is 0 Å². The van der Waals surface area contributed by atoms with Gasteiger partial charge in [0.25, 0.3) is 0 Å². The highest BCUT2D eigenvalue weighted by Crippen LogP contribution is 2.33. The van der Waals surface area contributed by atoms with Crippen molar-refractivity contribution >= 4 is 29.2 Å². The van der Waals surface area contributed by atoms with Gasteiger partial charge in [-0.05, 0) is 36.8 Å². The van der Waals surface area contributed by atoms with E-state index in [1.165, 1.54) is 23.7 Å². The first-order valence-corrected chi connectivity index (χ1v) is 8.50. The van der Waals surface area contributed by atoms with Crippen molar-refractivity contribution in [2.75, 3.05) is 6.61 Å². The summed E-state index contributed by atoms with van der Waals surface area (Å²) < 4.78 is 12.7. The van der Waals surface area contributed by atoms with Gasteiger partial charge in [0.2, 0.25) is 0 Å². The molecule has 8 nitrogen and oxygen atoms in total. The Balaban J connectivity index is 2.31. The van der Waals surface area contributed by atoms with Crippen molar-refractivity contribution in [2.45, 2.75) is 39.8 Å². The summed E-state index contributed by atoms with van der Waals surface area (Å²) in [6, 6.07) is 2.85. The van der Waals surface area contributed by atoms with Gasteiger partial charge in [-0.2, -0.15) is 9.36 Å². The van der Waals surface area contributed by atoms with Crippen LogP contribution in [0.5, 0.6) is 5.75 Å². The predicted octanol–water partition coefficient (Wildman–Crippen LogP) is 2.48. The Bertz CT molecular complexity index is 818. The van der Waals surface area contributed by atoms with Crippen LogP contribution in [0.3, 0.4) is 0 Å². The third-order valence-electron chi connectivity index (χ3n) is 3.23. The van der Waals surface area contributed by atoms with Gasteiger partial charge in [0.15, 0.2) is 6.10 Å². The van der Waals surface area contributed by atoms with Gasteiger partial charge in [-0.1, -0.05) is 30.1 Å². The van der Waals surface area contributed by atoms with Crippen molar-refractivity contribution in [2.24, 2.45) is 0 Å². The molecule has 1 unspecified atom stereocenters. The molecule has 25 heavy (non-hydrogen) atoms. The number of aromatic nitrogens is 4. The van der Waals surface area contributed by atoms with Gasteiger partial charge in [0.05, 0.1) is 22.3 Å². The molecule has 1 aromatic carbocycles. The zero-order chi connectivity index (χ0) is 18.6. The van der Waals surface area contributed by atoms with Crippen LogP contribution in [-0.4, -0.2) is 38.5 Å². The van der Waals surface area contributed by atoms with Crippen LogP contribution < -0.4 is 10.4 Å². The Hall–Kier alpha value is -2.06. The highest BCUT2D eigenvalue weighted by Gasteiger charge is 2.20. The van der Waals surface area contributed by atoms with Crippen LogP contribution in [-0.2, 0) is 16.1 Å². The van der Waals surface area contributed by atoms with Crippen LogP contribution in [0.25, 0.3) is 5.69 Å². The minimum Gasteiger partial charge on any atom is -0.477 e. The van der Waals surface area contributed by atoms with Crippen molar-refractivity contribution in [3.05, 3.63) is 32.7 Å². The topological polar surface area (TPSA) is 88.2 Å². The fraction of sp³-hybridized carbons (Fsp3) is 0.467. The summed E-state index contributed by atoms with van der Waals surface area (Å²) in [7, 11) is 0. The average molecular weight is 389 g/mol. The molecule has 0 spiro atoms. The van der Waals surface area contributed by atoms with Crippen molar-refractivity contribution in [1.82, 2.24) is 19.8 Å². The van der Waals surface area contributed by atoms with Gasteiger partial charge in [0.1, 0.15) is 5.75 Å². The molecule has 2 aromatic rings. The number of rotatable bonds is 7. The Morgan fingerprint density at radius 2 is 1.96 bits per heavy atom. The number of hydrogen-bond donors (Lipinski definition) is 0. The fourth-order valence-corrected chi connectivity index (χ4v) is 2.48. The normalized spacial score (nSPS) is 12.0. The molecule has 0 aliphatic rings. The molecule has 1 heterocycles. The molecule has 1 atom stereocenters. The summed E-state index contributed by atoms with van der Waals surface area (Å²) >= 11 is 12.4. The minimum absolute atomic E-state index is 0.174. The van der Waals surface area contributed by atoms with Crippen molar-refractivity contribution in [1.29, 1.82) is 0 Å². The van der Waals surface area contributed by atoms with Crippen molar-refractivity contribution < 1.29 is 14.3 Å². The smallest absolute Gasteiger partial charge is 0.368 e. The molecule has 0 radical (unpaired) electrons. The molecule has 1 aromatic heterocycles. The molecule has 2 rings (SSSR count). The number of halogens is 2. The quantitative estimate of drug-likeness (QED) is 0.676. The molecule has 0 saturated carbocycles. The molecular formula is C15H18Cl2N4O4. The number of nitrogens with zero attached hydrogens (tertiary/aromatic N) is 4. The lowest BCUT2D eigenvalue weighted by molar-refractivity contribution is -0.150. The molecule has 10 heteroatoms. The van der Waals surface area contributed by atoms with Gasteiger partial charge >= 0.3 is 11.7 Å². The maximum absolute atomic E-state index is 12.3. The van der Waals surface area contributed by atoms with Crippen LogP contribution in [0.15, 0.2) is 16.9 Å². The molecule has 0 N–H and O–H groups in total. The van der Waals surface area contributed by atoms with E-state index in [0.29, 0.717) is 6.54 Å². The number of benzene rings is 1. The molecule has 0 aliphatic heterocycles. The van der Waals surface area contributed by atoms with Gasteiger partial charge in [-0.15, -0.1) is 0 Å². The first kappa shape index (κ1) is 19.3. The van der Waals surface area contributed by atoms with Crippen LogP contribution in [0.1, 0.15) is 27.2 Å². The lowest BCUT2D eigenvalue weighted by Crippen LogP contribution is -2.26. The summed E-state index contributed by atoms with van der Waals surface area (Å²) in [4.78, 5) is 23.9. The van der Waals surface area contributed by atoms with E-state index in [4.69, 9.17) is 32.7 Å². The Kier molecular flexibility index (Phi) is 6.44. The monoisotopic (exact) mass is 388 g/mol. The number of aryl methyl sites for hydroxylation is 1. The predicted molar refractivity (Wildman–Crippen MR) is 92.7 cm³/mol. The summed E-state index contributed by atoms with van der Waals surface area (Å²) in [6.07, 6.45) is -0.112. The zero-order valence-corrected chi connectivity index (χ0v) is 15.5. The average Bonchev–Trinajstić information content (AvgIpc) is 2.92. The standard InChI is InChI=1S/C15H18Cl2N4O4/c1-4-6-20-15(23)21(19-18-20)12-7-11(17)13(8-10(12)16)25-9(3)14(22)24-5-2/h7-9H,4-6H2,1-3H3. The molecule has 0 fully saturated rings. The first-order valence-electron chi connectivity index (χ1n) is 7.74. The number of ether oxygens (including phenoxy) is 2. The third kappa shape index (κ3) is 4.32. The van der Waals surface area contributed by atoms with Crippen LogP contribution in [0.2, 0.25) is 10.0 Å². The summed E-state index contributed by atoms with van der Waals surface area (Å²) in [6.45, 7) is 5.86. The van der Waals surface area contributed by atoms with E-state index < -0.39 is 17.8 Å². The Morgan fingerprint density at radius 1 is 1.24 bits per heavy atom. The summed E-state index contributed by atoms with van der Waals surface area (Å²) in [5, 5.41) is 7.95. The minimum atomic E-state index is -0.854. The lowest BCUT2D eigenvalue weighted by atomic mass is 10.3. The molecule has 136 valence electrons. The SMILES string of the molecule is CCCn1nnn(-c2cc(Cl)c(OC(C)C(=O)OCC)cc2Cl)c1=O. The van der Waals surface area contributed by atoms with Crippen molar-refractivity contribution in [3.8, 4) is 11.4 Å². The van der Waals surface area contributed by atoms with E-state index in [1.54, 1.807) is 6.92 Å². The Labute approximate surface area is 154 Å². The number of hydrogen-bond acceptors (Lipinski definition) is 6. The molecule has 0 amide bonds. The third-order valence-corrected chi connectivity index (χ3v) is 3.82. The van der Waals surface area contributed by atoms with E-state index in [1.807, 2.05) is 6.92 Å². The van der Waals surface area contributed by atoms with E-state index in [9.17, 15) is 9.59 Å². The second-order valence-electron chi connectivity index (χ2n) is 5.14. The lowest BCUT2D eigenvalue weighted by Gasteiger charge is -2.15. The van der Waals surface area contributed by atoms with Crippen LogP contribution in [0, 0.1) is 0 Å². The molecule has 0 saturated heterocycles. The number of carbonyl (C=O) groups excluding carboxylic acids is 1.